The van der Waals surface area contributed by atoms with E-state index in [0.717, 1.165) is 14.9 Å². The predicted molar refractivity (Wildman–Crippen MR) is 171 cm³/mol. The SMILES string of the molecule is CC(C)(C)[Si](OC[C@H]1O[C@@H](n2ccc(NC(=O)c3ccccc3)nc2=O)C[C@@]1(O)O[P+](=O)O)(c1ccccc1)c1ccccc1. The van der Waals surface area contributed by atoms with E-state index in [1.54, 1.807) is 30.3 Å². The average Bonchev–Trinajstić information content (AvgIpc) is 3.33. The monoisotopic (exact) mass is 648 g/mol. The van der Waals surface area contributed by atoms with Crippen molar-refractivity contribution in [2.24, 2.45) is 0 Å². The molecule has 11 nitrogen and oxygen atoms in total. The lowest BCUT2D eigenvalue weighted by Crippen LogP contribution is -2.67. The van der Waals surface area contributed by atoms with Crippen molar-refractivity contribution >= 4 is 38.7 Å². The van der Waals surface area contributed by atoms with E-state index in [1.807, 2.05) is 60.7 Å². The van der Waals surface area contributed by atoms with Crippen molar-refractivity contribution in [3.8, 4) is 0 Å². The summed E-state index contributed by atoms with van der Waals surface area (Å²) in [6.45, 7) is 6.06. The maximum atomic E-state index is 13.1. The smallest absolute Gasteiger partial charge is 0.405 e. The number of amides is 1. The second-order valence-electron chi connectivity index (χ2n) is 11.8. The maximum absolute atomic E-state index is 13.1. The molecule has 13 heteroatoms. The number of nitrogens with zero attached hydrogens (tertiary/aromatic N) is 2. The van der Waals surface area contributed by atoms with Gasteiger partial charge in [0.2, 0.25) is 0 Å². The van der Waals surface area contributed by atoms with E-state index in [0.29, 0.717) is 5.56 Å². The van der Waals surface area contributed by atoms with Crippen LogP contribution in [-0.4, -0.2) is 52.3 Å². The van der Waals surface area contributed by atoms with Gasteiger partial charge in [-0.2, -0.15) is 4.98 Å². The predicted octanol–water partition coefficient (Wildman–Crippen LogP) is 3.71. The van der Waals surface area contributed by atoms with Gasteiger partial charge in [0.15, 0.2) is 0 Å². The number of aromatic nitrogens is 2. The number of ether oxygens (including phenoxy) is 1. The molecule has 3 N–H and O–H groups in total. The van der Waals surface area contributed by atoms with E-state index >= 15 is 0 Å². The van der Waals surface area contributed by atoms with Gasteiger partial charge in [0, 0.05) is 16.3 Å². The number of hydrogen-bond donors (Lipinski definition) is 3. The van der Waals surface area contributed by atoms with Gasteiger partial charge in [0.25, 0.3) is 20.0 Å². The Morgan fingerprint density at radius 1 is 1.02 bits per heavy atom. The van der Waals surface area contributed by atoms with Crippen LogP contribution in [0, 0.1) is 0 Å². The van der Waals surface area contributed by atoms with Gasteiger partial charge in [0.1, 0.15) is 18.1 Å². The molecule has 1 aromatic heterocycles. The fourth-order valence-corrected chi connectivity index (χ4v) is 10.8. The highest BCUT2D eigenvalue weighted by molar-refractivity contribution is 7.32. The first-order valence-corrected chi connectivity index (χ1v) is 17.4. The summed E-state index contributed by atoms with van der Waals surface area (Å²) in [4.78, 5) is 39.2. The Morgan fingerprint density at radius 2 is 1.58 bits per heavy atom. The molecule has 2 heterocycles. The quantitative estimate of drug-likeness (QED) is 0.133. The average molecular weight is 649 g/mol. The van der Waals surface area contributed by atoms with E-state index in [2.05, 4.69) is 31.1 Å². The first-order valence-electron chi connectivity index (χ1n) is 14.4. The highest BCUT2D eigenvalue weighted by atomic mass is 31.1. The lowest BCUT2D eigenvalue weighted by Gasteiger charge is -2.43. The number of carbonyl (C=O) groups is 1. The van der Waals surface area contributed by atoms with Crippen LogP contribution >= 0.6 is 8.25 Å². The molecule has 4 aromatic rings. The third-order valence-electron chi connectivity index (χ3n) is 7.81. The molecule has 1 fully saturated rings. The second kappa shape index (κ2) is 13.2. The van der Waals surface area contributed by atoms with Crippen LogP contribution in [0.2, 0.25) is 5.04 Å². The summed E-state index contributed by atoms with van der Waals surface area (Å²) >= 11 is 0. The zero-order valence-electron chi connectivity index (χ0n) is 25.1. The van der Waals surface area contributed by atoms with Crippen LogP contribution in [0.5, 0.6) is 0 Å². The molecule has 1 saturated heterocycles. The Balaban J connectivity index is 1.44. The summed E-state index contributed by atoms with van der Waals surface area (Å²) in [5.41, 5.74) is -0.373. The van der Waals surface area contributed by atoms with E-state index in [-0.39, 0.29) is 18.8 Å². The third-order valence-corrected chi connectivity index (χ3v) is 13.3. The summed E-state index contributed by atoms with van der Waals surface area (Å²) in [6, 6.07) is 29.6. The minimum absolute atomic E-state index is 0.0274. The molecule has 0 bridgehead atoms. The van der Waals surface area contributed by atoms with Gasteiger partial charge in [-0.3, -0.25) is 9.36 Å². The molecule has 0 radical (unpaired) electrons. The van der Waals surface area contributed by atoms with Crippen LogP contribution in [0.15, 0.2) is 108 Å². The summed E-state index contributed by atoms with van der Waals surface area (Å²) in [6.07, 6.45) is -1.36. The molecule has 0 saturated carbocycles. The molecular formula is C32H35N3O8PSi+. The number of hydrogen-bond acceptors (Lipinski definition) is 8. The standard InChI is InChI=1S/C32H34N3O8PSi/c1-31(2,3)45(24-15-9-5-10-16-24,25-17-11-6-12-18-25)41-22-26-32(38,43-44(39)40)21-28(42-26)35-20-19-27(34-30(35)37)33-29(36)23-13-7-4-8-14-23/h4-20,26,28,38H,21-22H2,1-3H3,(H-,33,34,36,37,39,40)/p+1/t26-,28-,32-/m1/s1. The Kier molecular flexibility index (Phi) is 9.56. The zero-order valence-corrected chi connectivity index (χ0v) is 27.0. The molecule has 0 spiro atoms. The first kappa shape index (κ1) is 32.5. The second-order valence-corrected chi connectivity index (χ2v) is 16.7. The molecule has 1 unspecified atom stereocenters. The van der Waals surface area contributed by atoms with Gasteiger partial charge in [-0.15, -0.1) is 4.89 Å². The van der Waals surface area contributed by atoms with Crippen LogP contribution in [0.4, 0.5) is 5.82 Å². The van der Waals surface area contributed by atoms with Crippen LogP contribution in [0.3, 0.4) is 0 Å². The van der Waals surface area contributed by atoms with Crippen LogP contribution in [-0.2, 0) is 18.3 Å². The van der Waals surface area contributed by atoms with E-state index in [4.69, 9.17) is 13.7 Å². The van der Waals surface area contributed by atoms with Gasteiger partial charge in [-0.25, -0.2) is 4.79 Å². The Labute approximate surface area is 262 Å². The number of anilines is 1. The summed E-state index contributed by atoms with van der Waals surface area (Å²) in [5, 5.41) is 15.7. The molecule has 3 aromatic carbocycles. The topological polar surface area (TPSA) is 149 Å². The summed E-state index contributed by atoms with van der Waals surface area (Å²) in [5.74, 6) is -2.68. The highest BCUT2D eigenvalue weighted by Gasteiger charge is 2.57. The number of benzene rings is 3. The third kappa shape index (κ3) is 6.87. The van der Waals surface area contributed by atoms with Crippen molar-refractivity contribution in [2.45, 2.75) is 50.3 Å². The molecule has 1 amide bonds. The van der Waals surface area contributed by atoms with Crippen molar-refractivity contribution in [2.75, 3.05) is 11.9 Å². The Morgan fingerprint density at radius 3 is 2.09 bits per heavy atom. The number of nitrogens with one attached hydrogen (secondary N) is 1. The van der Waals surface area contributed by atoms with Crippen LogP contribution in [0.25, 0.3) is 0 Å². The molecule has 5 rings (SSSR count). The number of aliphatic hydroxyl groups is 1. The normalized spacial score (nSPS) is 20.5. The molecular weight excluding hydrogens is 613 g/mol. The van der Waals surface area contributed by atoms with E-state index < -0.39 is 51.3 Å². The first-order chi connectivity index (χ1) is 21.4. The lowest BCUT2D eigenvalue weighted by molar-refractivity contribution is -0.183. The number of carbonyl (C=O) groups excluding carboxylic acids is 1. The highest BCUT2D eigenvalue weighted by Crippen LogP contribution is 2.43. The number of rotatable bonds is 10. The molecule has 45 heavy (non-hydrogen) atoms. The van der Waals surface area contributed by atoms with Gasteiger partial charge in [0.05, 0.1) is 13.0 Å². The van der Waals surface area contributed by atoms with Crippen molar-refractivity contribution in [1.29, 1.82) is 0 Å². The minimum Gasteiger partial charge on any atom is -0.405 e. The van der Waals surface area contributed by atoms with Gasteiger partial charge < -0.3 is 19.6 Å². The summed E-state index contributed by atoms with van der Waals surface area (Å²) in [7, 11) is -6.33. The van der Waals surface area contributed by atoms with Crippen molar-refractivity contribution in [1.82, 2.24) is 9.55 Å². The molecule has 0 aliphatic carbocycles. The molecule has 1 aliphatic rings. The maximum Gasteiger partial charge on any atom is 0.697 e. The van der Waals surface area contributed by atoms with Crippen molar-refractivity contribution < 1.29 is 33.0 Å². The van der Waals surface area contributed by atoms with E-state index in [1.165, 1.54) is 12.3 Å². The van der Waals surface area contributed by atoms with Crippen molar-refractivity contribution in [3.05, 3.63) is 119 Å². The van der Waals surface area contributed by atoms with Crippen LogP contribution < -0.4 is 21.4 Å². The summed E-state index contributed by atoms with van der Waals surface area (Å²) < 4.78 is 31.1. The van der Waals surface area contributed by atoms with Gasteiger partial charge in [-0.05, 0) is 33.6 Å². The fraction of sp³-hybridized carbons (Fsp3) is 0.281. The van der Waals surface area contributed by atoms with Crippen LogP contribution in [0.1, 0.15) is 43.8 Å². The largest absolute Gasteiger partial charge is 0.697 e. The molecule has 4 atom stereocenters. The zero-order chi connectivity index (χ0) is 32.2. The Hall–Kier alpha value is -3.87. The minimum atomic E-state index is -3.24. The van der Waals surface area contributed by atoms with E-state index in [9.17, 15) is 24.2 Å². The van der Waals surface area contributed by atoms with Gasteiger partial charge >= 0.3 is 13.9 Å². The molecule has 1 aliphatic heterocycles. The molecule has 234 valence electrons. The van der Waals surface area contributed by atoms with Gasteiger partial charge in [-0.1, -0.05) is 104 Å². The fourth-order valence-electron chi connectivity index (χ4n) is 5.73. The van der Waals surface area contributed by atoms with Crippen molar-refractivity contribution in [3.63, 3.8) is 0 Å². The Bertz CT molecular complexity index is 1660. The lowest BCUT2D eigenvalue weighted by atomic mass is 10.1.